The molecule has 0 bridgehead atoms. The molecule has 0 spiro atoms. The average molecular weight is 271 g/mol. The fraction of sp³-hybridized carbons (Fsp3) is 1.00. The van der Waals surface area contributed by atoms with Crippen molar-refractivity contribution in [2.24, 2.45) is 5.92 Å². The first kappa shape index (κ1) is 18.9. The molecule has 1 atom stereocenters. The van der Waals surface area contributed by atoms with Crippen LogP contribution in [-0.4, -0.2) is 62.2 Å². The van der Waals surface area contributed by atoms with E-state index in [0.717, 1.165) is 12.5 Å². The summed E-state index contributed by atoms with van der Waals surface area (Å²) < 4.78 is 0. The number of nitrogens with zero attached hydrogens (tertiary/aromatic N) is 2. The predicted molar refractivity (Wildman–Crippen MR) is 86.8 cm³/mol. The lowest BCUT2D eigenvalue weighted by Gasteiger charge is -2.25. The van der Waals surface area contributed by atoms with E-state index in [0.29, 0.717) is 6.04 Å². The van der Waals surface area contributed by atoms with Crippen LogP contribution < -0.4 is 5.32 Å². The maximum atomic E-state index is 3.17. The van der Waals surface area contributed by atoms with Gasteiger partial charge in [0.05, 0.1) is 0 Å². The van der Waals surface area contributed by atoms with Gasteiger partial charge in [-0.3, -0.25) is 4.90 Å². The Labute approximate surface area is 121 Å². The Morgan fingerprint density at radius 3 is 2.26 bits per heavy atom. The molecule has 0 aromatic carbocycles. The summed E-state index contributed by atoms with van der Waals surface area (Å²) in [7, 11) is 2.00. The first-order valence-electron chi connectivity index (χ1n) is 8.16. The van der Waals surface area contributed by atoms with Gasteiger partial charge in [-0.1, -0.05) is 20.8 Å². The zero-order valence-electron chi connectivity index (χ0n) is 14.2. The van der Waals surface area contributed by atoms with Crippen molar-refractivity contribution in [3.05, 3.63) is 0 Å². The van der Waals surface area contributed by atoms with Crippen LogP contribution in [0.5, 0.6) is 0 Å². The van der Waals surface area contributed by atoms with Crippen LogP contribution in [0, 0.1) is 5.92 Å². The Hall–Kier alpha value is -0.120. The minimum absolute atomic E-state index is 0.684. The molecule has 1 rings (SSSR count). The molecule has 0 radical (unpaired) electrons. The maximum Gasteiger partial charge on any atom is 0.0109 e. The number of hydrogen-bond donors (Lipinski definition) is 1. The molecule has 3 heteroatoms. The van der Waals surface area contributed by atoms with Crippen LogP contribution in [0.1, 0.15) is 47.5 Å². The minimum Gasteiger partial charge on any atom is -0.318 e. The molecule has 1 N–H and O–H groups in total. The van der Waals surface area contributed by atoms with Gasteiger partial charge in [-0.15, -0.1) is 0 Å². The van der Waals surface area contributed by atoms with E-state index in [9.17, 15) is 0 Å². The minimum atomic E-state index is 0.684. The fourth-order valence-electron chi connectivity index (χ4n) is 2.48. The highest BCUT2D eigenvalue weighted by Gasteiger charge is 2.15. The molecule has 1 saturated heterocycles. The first-order chi connectivity index (χ1) is 9.04. The second-order valence-corrected chi connectivity index (χ2v) is 6.02. The summed E-state index contributed by atoms with van der Waals surface area (Å²) in [5.74, 6) is 0.954. The third-order valence-electron chi connectivity index (χ3n) is 3.85. The van der Waals surface area contributed by atoms with Crippen molar-refractivity contribution in [1.82, 2.24) is 15.1 Å². The average Bonchev–Trinajstić information content (AvgIpc) is 2.81. The van der Waals surface area contributed by atoms with Gasteiger partial charge in [-0.2, -0.15) is 0 Å². The molecular formula is C16H37N3. The number of nitrogens with one attached hydrogen (secondary N) is 1. The third-order valence-corrected chi connectivity index (χ3v) is 3.85. The normalized spacial score (nSPS) is 19.9. The van der Waals surface area contributed by atoms with E-state index in [1.54, 1.807) is 0 Å². The summed E-state index contributed by atoms with van der Waals surface area (Å²) >= 11 is 0. The van der Waals surface area contributed by atoms with Gasteiger partial charge in [-0.05, 0) is 59.3 Å². The molecule has 0 aliphatic carbocycles. The number of rotatable bonds is 7. The van der Waals surface area contributed by atoms with E-state index in [-0.39, 0.29) is 0 Å². The van der Waals surface area contributed by atoms with Crippen molar-refractivity contribution in [1.29, 1.82) is 0 Å². The lowest BCUT2D eigenvalue weighted by atomic mass is 10.2. The van der Waals surface area contributed by atoms with E-state index in [1.165, 1.54) is 45.6 Å². The van der Waals surface area contributed by atoms with Crippen molar-refractivity contribution in [2.45, 2.75) is 53.5 Å². The van der Waals surface area contributed by atoms with Gasteiger partial charge in [-0.25, -0.2) is 0 Å². The molecule has 19 heavy (non-hydrogen) atoms. The van der Waals surface area contributed by atoms with E-state index in [4.69, 9.17) is 0 Å². The number of likely N-dealkylation sites (tertiary alicyclic amines) is 1. The molecule has 3 nitrogen and oxygen atoms in total. The predicted octanol–water partition coefficient (Wildman–Crippen LogP) is 2.67. The molecule has 1 heterocycles. The van der Waals surface area contributed by atoms with Crippen LogP contribution in [-0.2, 0) is 0 Å². The number of hydrogen-bond acceptors (Lipinski definition) is 3. The van der Waals surface area contributed by atoms with Gasteiger partial charge in [0.25, 0.3) is 0 Å². The van der Waals surface area contributed by atoms with Gasteiger partial charge < -0.3 is 10.2 Å². The largest absolute Gasteiger partial charge is 0.318 e. The second-order valence-electron chi connectivity index (χ2n) is 6.02. The van der Waals surface area contributed by atoms with Crippen LogP contribution in [0.2, 0.25) is 0 Å². The molecule has 0 aromatic rings. The van der Waals surface area contributed by atoms with Gasteiger partial charge in [0, 0.05) is 25.7 Å². The molecule has 1 aliphatic rings. The Kier molecular flexibility index (Phi) is 11.6. The van der Waals surface area contributed by atoms with E-state index in [2.05, 4.69) is 49.7 Å². The highest BCUT2D eigenvalue weighted by atomic mass is 15.2. The van der Waals surface area contributed by atoms with Crippen LogP contribution in [0.15, 0.2) is 0 Å². The summed E-state index contributed by atoms with van der Waals surface area (Å²) in [5.41, 5.74) is 0. The van der Waals surface area contributed by atoms with Gasteiger partial charge in [0.15, 0.2) is 0 Å². The van der Waals surface area contributed by atoms with Crippen molar-refractivity contribution < 1.29 is 0 Å². The third kappa shape index (κ3) is 9.42. The molecule has 0 saturated carbocycles. The quantitative estimate of drug-likeness (QED) is 0.768. The zero-order chi connectivity index (χ0) is 14.7. The highest BCUT2D eigenvalue weighted by Crippen LogP contribution is 2.13. The molecule has 1 aliphatic heterocycles. The molecule has 0 amide bonds. The first-order valence-corrected chi connectivity index (χ1v) is 8.16. The summed E-state index contributed by atoms with van der Waals surface area (Å²) in [5, 5.41) is 3.17. The molecule has 1 fully saturated rings. The summed E-state index contributed by atoms with van der Waals surface area (Å²) in [6.07, 6.45) is 2.66. The Morgan fingerprint density at radius 2 is 1.95 bits per heavy atom. The summed E-state index contributed by atoms with van der Waals surface area (Å²) in [6.45, 7) is 18.7. The highest BCUT2D eigenvalue weighted by molar-refractivity contribution is 4.70. The lowest BCUT2D eigenvalue weighted by molar-refractivity contribution is 0.224. The van der Waals surface area contributed by atoms with Gasteiger partial charge in [0.1, 0.15) is 0 Å². The van der Waals surface area contributed by atoms with Crippen molar-refractivity contribution in [3.8, 4) is 0 Å². The van der Waals surface area contributed by atoms with Gasteiger partial charge >= 0.3 is 0 Å². The van der Waals surface area contributed by atoms with E-state index < -0.39 is 0 Å². The van der Waals surface area contributed by atoms with Crippen molar-refractivity contribution in [2.75, 3.05) is 46.3 Å². The van der Waals surface area contributed by atoms with E-state index >= 15 is 0 Å². The monoisotopic (exact) mass is 271 g/mol. The van der Waals surface area contributed by atoms with Gasteiger partial charge in [0.2, 0.25) is 0 Å². The van der Waals surface area contributed by atoms with Crippen LogP contribution in [0.3, 0.4) is 0 Å². The number of likely N-dealkylation sites (N-methyl/N-ethyl adjacent to an activating group) is 1. The molecule has 0 aromatic heterocycles. The summed E-state index contributed by atoms with van der Waals surface area (Å²) in [6, 6.07) is 0.684. The SMILES string of the molecule is CCCN(CCNC)C(C)C.CCN1CCC(C)C1. The Bertz CT molecular complexity index is 194. The van der Waals surface area contributed by atoms with Crippen LogP contribution >= 0.6 is 0 Å². The fourth-order valence-corrected chi connectivity index (χ4v) is 2.48. The zero-order valence-corrected chi connectivity index (χ0v) is 14.2. The van der Waals surface area contributed by atoms with Crippen LogP contribution in [0.4, 0.5) is 0 Å². The topological polar surface area (TPSA) is 18.5 Å². The standard InChI is InChI=1S/C9H22N2.C7H15N/c1-5-7-11(9(2)3)8-6-10-4;1-3-8-5-4-7(2)6-8/h9-10H,5-8H2,1-4H3;7H,3-6H2,1-2H3. The molecule has 1 unspecified atom stereocenters. The Balaban J connectivity index is 0.000000356. The van der Waals surface area contributed by atoms with Crippen molar-refractivity contribution >= 4 is 0 Å². The maximum absolute atomic E-state index is 3.17. The van der Waals surface area contributed by atoms with E-state index in [1.807, 2.05) is 7.05 Å². The molecular weight excluding hydrogens is 234 g/mol. The van der Waals surface area contributed by atoms with Crippen molar-refractivity contribution in [3.63, 3.8) is 0 Å². The lowest BCUT2D eigenvalue weighted by Crippen LogP contribution is -2.36. The summed E-state index contributed by atoms with van der Waals surface area (Å²) in [4.78, 5) is 5.00. The second kappa shape index (κ2) is 11.7. The smallest absolute Gasteiger partial charge is 0.0109 e. The van der Waals surface area contributed by atoms with Crippen LogP contribution in [0.25, 0.3) is 0 Å². The Morgan fingerprint density at radius 1 is 1.26 bits per heavy atom. The molecule has 116 valence electrons.